The van der Waals surface area contributed by atoms with Crippen LogP contribution in [0.25, 0.3) is 0 Å². The van der Waals surface area contributed by atoms with Crippen LogP contribution in [0.4, 0.5) is 11.5 Å². The summed E-state index contributed by atoms with van der Waals surface area (Å²) in [6.45, 7) is 3.19. The molecule has 1 heterocycles. The molecule has 0 unspecified atom stereocenters. The van der Waals surface area contributed by atoms with Crippen LogP contribution in [0.3, 0.4) is 0 Å². The van der Waals surface area contributed by atoms with Crippen LogP contribution in [0, 0.1) is 17.0 Å². The van der Waals surface area contributed by atoms with E-state index in [1.807, 2.05) is 0 Å². The first-order valence-electron chi connectivity index (χ1n) is 6.64. The predicted octanol–water partition coefficient (Wildman–Crippen LogP) is 2.31. The standard InChI is InChI=1S/C14H15N3O6/c1-8-6-13(16-23-8)15-14(18)9(2)22-12-7-10(17(19)20)4-5-11(12)21-3/h4-7,9H,1-3H3,(H,15,16,18)/t9-/m0/s1. The number of rotatable bonds is 6. The number of carbonyl (C=O) groups excluding carboxylic acids is 1. The Bertz CT molecular complexity index is 727. The fourth-order valence-corrected chi connectivity index (χ4v) is 1.77. The van der Waals surface area contributed by atoms with Crippen molar-refractivity contribution in [2.24, 2.45) is 0 Å². The number of nitro groups is 1. The van der Waals surface area contributed by atoms with Crippen LogP contribution in [-0.4, -0.2) is 29.2 Å². The van der Waals surface area contributed by atoms with Crippen molar-refractivity contribution in [3.8, 4) is 11.5 Å². The summed E-state index contributed by atoms with van der Waals surface area (Å²) < 4.78 is 15.4. The zero-order valence-electron chi connectivity index (χ0n) is 12.7. The van der Waals surface area contributed by atoms with Gasteiger partial charge in [0, 0.05) is 12.1 Å². The van der Waals surface area contributed by atoms with Crippen LogP contribution in [0.1, 0.15) is 12.7 Å². The molecule has 0 saturated carbocycles. The van der Waals surface area contributed by atoms with E-state index in [1.165, 1.54) is 32.2 Å². The molecule has 0 aliphatic carbocycles. The van der Waals surface area contributed by atoms with Gasteiger partial charge >= 0.3 is 0 Å². The smallest absolute Gasteiger partial charge is 0.273 e. The van der Waals surface area contributed by atoms with Gasteiger partial charge in [-0.05, 0) is 19.9 Å². The van der Waals surface area contributed by atoms with E-state index in [2.05, 4.69) is 10.5 Å². The molecule has 2 rings (SSSR count). The highest BCUT2D eigenvalue weighted by Gasteiger charge is 2.20. The van der Waals surface area contributed by atoms with Crippen molar-refractivity contribution < 1.29 is 23.7 Å². The van der Waals surface area contributed by atoms with Gasteiger partial charge in [-0.15, -0.1) is 0 Å². The summed E-state index contributed by atoms with van der Waals surface area (Å²) in [6, 6.07) is 5.44. The quantitative estimate of drug-likeness (QED) is 0.640. The number of benzene rings is 1. The number of hydrogen-bond acceptors (Lipinski definition) is 7. The fourth-order valence-electron chi connectivity index (χ4n) is 1.77. The van der Waals surface area contributed by atoms with E-state index >= 15 is 0 Å². The lowest BCUT2D eigenvalue weighted by Crippen LogP contribution is -2.30. The first-order valence-corrected chi connectivity index (χ1v) is 6.64. The predicted molar refractivity (Wildman–Crippen MR) is 79.6 cm³/mol. The highest BCUT2D eigenvalue weighted by Crippen LogP contribution is 2.32. The normalized spacial score (nSPS) is 11.6. The van der Waals surface area contributed by atoms with E-state index in [9.17, 15) is 14.9 Å². The third kappa shape index (κ3) is 3.96. The molecule has 0 fully saturated rings. The van der Waals surface area contributed by atoms with Gasteiger partial charge in [-0.3, -0.25) is 14.9 Å². The molecule has 9 nitrogen and oxygen atoms in total. The zero-order valence-corrected chi connectivity index (χ0v) is 12.7. The summed E-state index contributed by atoms with van der Waals surface area (Å²) in [7, 11) is 1.40. The third-order valence-corrected chi connectivity index (χ3v) is 2.91. The molecule has 0 aliphatic rings. The molecule has 0 bridgehead atoms. The molecular weight excluding hydrogens is 306 g/mol. The average Bonchev–Trinajstić information content (AvgIpc) is 2.92. The van der Waals surface area contributed by atoms with Crippen molar-refractivity contribution >= 4 is 17.4 Å². The van der Waals surface area contributed by atoms with E-state index in [1.54, 1.807) is 13.0 Å². The Morgan fingerprint density at radius 2 is 2.13 bits per heavy atom. The van der Waals surface area contributed by atoms with E-state index < -0.39 is 16.9 Å². The molecule has 0 radical (unpaired) electrons. The van der Waals surface area contributed by atoms with Gasteiger partial charge in [-0.1, -0.05) is 5.16 Å². The van der Waals surface area contributed by atoms with Crippen molar-refractivity contribution in [3.05, 3.63) is 40.1 Å². The number of amides is 1. The molecule has 0 aliphatic heterocycles. The number of methoxy groups -OCH3 is 1. The summed E-state index contributed by atoms with van der Waals surface area (Å²) in [5.41, 5.74) is -0.166. The van der Waals surface area contributed by atoms with Crippen molar-refractivity contribution in [2.45, 2.75) is 20.0 Å². The molecule has 0 spiro atoms. The number of nitrogens with one attached hydrogen (secondary N) is 1. The second-order valence-corrected chi connectivity index (χ2v) is 4.66. The summed E-state index contributed by atoms with van der Waals surface area (Å²) in [6.07, 6.45) is -0.928. The van der Waals surface area contributed by atoms with Crippen LogP contribution >= 0.6 is 0 Å². The number of aryl methyl sites for hydroxylation is 1. The first-order chi connectivity index (χ1) is 10.9. The Labute approximate surface area is 131 Å². The van der Waals surface area contributed by atoms with Crippen LogP contribution in [-0.2, 0) is 4.79 Å². The molecule has 122 valence electrons. The fraction of sp³-hybridized carbons (Fsp3) is 0.286. The highest BCUT2D eigenvalue weighted by molar-refractivity contribution is 5.93. The second kappa shape index (κ2) is 6.77. The first kappa shape index (κ1) is 16.3. The summed E-state index contributed by atoms with van der Waals surface area (Å²) in [5.74, 6) is 0.711. The third-order valence-electron chi connectivity index (χ3n) is 2.91. The van der Waals surface area contributed by atoms with Crippen LogP contribution < -0.4 is 14.8 Å². The van der Waals surface area contributed by atoms with Crippen molar-refractivity contribution in [2.75, 3.05) is 12.4 Å². The monoisotopic (exact) mass is 321 g/mol. The summed E-state index contributed by atoms with van der Waals surface area (Å²) >= 11 is 0. The van der Waals surface area contributed by atoms with Crippen molar-refractivity contribution in [1.82, 2.24) is 5.16 Å². The van der Waals surface area contributed by atoms with Gasteiger partial charge in [0.25, 0.3) is 11.6 Å². The van der Waals surface area contributed by atoms with Crippen LogP contribution in [0.15, 0.2) is 28.8 Å². The van der Waals surface area contributed by atoms with Gasteiger partial charge in [0.2, 0.25) is 0 Å². The number of nitro benzene ring substituents is 1. The average molecular weight is 321 g/mol. The molecule has 9 heteroatoms. The minimum absolute atomic E-state index is 0.0979. The molecule has 1 aromatic heterocycles. The lowest BCUT2D eigenvalue weighted by molar-refractivity contribution is -0.385. The summed E-state index contributed by atoms with van der Waals surface area (Å²) in [4.78, 5) is 22.3. The molecule has 23 heavy (non-hydrogen) atoms. The maximum Gasteiger partial charge on any atom is 0.273 e. The Morgan fingerprint density at radius 3 is 2.70 bits per heavy atom. The lowest BCUT2D eigenvalue weighted by Gasteiger charge is -2.15. The second-order valence-electron chi connectivity index (χ2n) is 4.66. The van der Waals surface area contributed by atoms with Crippen molar-refractivity contribution in [1.29, 1.82) is 0 Å². The Morgan fingerprint density at radius 1 is 1.39 bits per heavy atom. The number of anilines is 1. The van der Waals surface area contributed by atoms with E-state index in [0.717, 1.165) is 0 Å². The molecule has 1 atom stereocenters. The highest BCUT2D eigenvalue weighted by atomic mass is 16.6. The molecule has 0 saturated heterocycles. The number of non-ortho nitro benzene ring substituents is 1. The SMILES string of the molecule is COc1ccc([N+](=O)[O-])cc1O[C@@H](C)C(=O)Nc1cc(C)on1. The van der Waals surface area contributed by atoms with Gasteiger partial charge in [0.1, 0.15) is 5.76 Å². The van der Waals surface area contributed by atoms with Gasteiger partial charge in [0.15, 0.2) is 23.4 Å². The van der Waals surface area contributed by atoms with Crippen molar-refractivity contribution in [3.63, 3.8) is 0 Å². The van der Waals surface area contributed by atoms with Gasteiger partial charge in [0.05, 0.1) is 18.1 Å². The largest absolute Gasteiger partial charge is 0.493 e. The van der Waals surface area contributed by atoms with Crippen LogP contribution in [0.5, 0.6) is 11.5 Å². The number of carbonyl (C=O) groups is 1. The summed E-state index contributed by atoms with van der Waals surface area (Å²) in [5, 5.41) is 17.0. The zero-order chi connectivity index (χ0) is 17.0. The number of ether oxygens (including phenoxy) is 2. The van der Waals surface area contributed by atoms with Gasteiger partial charge in [-0.25, -0.2) is 0 Å². The van der Waals surface area contributed by atoms with E-state index in [-0.39, 0.29) is 23.0 Å². The van der Waals surface area contributed by atoms with Crippen LogP contribution in [0.2, 0.25) is 0 Å². The topological polar surface area (TPSA) is 117 Å². The number of hydrogen-bond donors (Lipinski definition) is 1. The number of nitrogens with zero attached hydrogens (tertiary/aromatic N) is 2. The minimum atomic E-state index is -0.928. The Hall–Kier alpha value is -3.10. The Kier molecular flexibility index (Phi) is 4.79. The molecular formula is C14H15N3O6. The maximum absolute atomic E-state index is 12.1. The van der Waals surface area contributed by atoms with Gasteiger partial charge < -0.3 is 19.3 Å². The van der Waals surface area contributed by atoms with E-state index in [4.69, 9.17) is 14.0 Å². The lowest BCUT2D eigenvalue weighted by atomic mass is 10.2. The number of aromatic nitrogens is 1. The maximum atomic E-state index is 12.1. The molecule has 1 N–H and O–H groups in total. The molecule has 2 aromatic rings. The minimum Gasteiger partial charge on any atom is -0.493 e. The van der Waals surface area contributed by atoms with E-state index in [0.29, 0.717) is 5.76 Å². The molecule has 1 aromatic carbocycles. The molecule has 1 amide bonds. The van der Waals surface area contributed by atoms with Gasteiger partial charge in [-0.2, -0.15) is 0 Å². The Balaban J connectivity index is 2.12.